The van der Waals surface area contributed by atoms with Crippen LogP contribution < -0.4 is 15.4 Å². The number of hydrogen-bond acceptors (Lipinski definition) is 5. The number of benzene rings is 3. The van der Waals surface area contributed by atoms with Crippen LogP contribution in [0, 0.1) is 0 Å². The van der Waals surface area contributed by atoms with Crippen LogP contribution in [0.1, 0.15) is 5.56 Å². The lowest BCUT2D eigenvalue weighted by Gasteiger charge is -2.13. The van der Waals surface area contributed by atoms with Crippen LogP contribution in [0.2, 0.25) is 5.02 Å². The van der Waals surface area contributed by atoms with Gasteiger partial charge in [-0.2, -0.15) is 4.98 Å². The highest BCUT2D eigenvalue weighted by molar-refractivity contribution is 6.30. The molecule has 0 amide bonds. The number of para-hydroxylation sites is 2. The van der Waals surface area contributed by atoms with E-state index in [2.05, 4.69) is 20.6 Å². The Morgan fingerprint density at radius 2 is 1.75 bits per heavy atom. The van der Waals surface area contributed by atoms with Crippen LogP contribution in [0.3, 0.4) is 0 Å². The molecule has 28 heavy (non-hydrogen) atoms. The van der Waals surface area contributed by atoms with Crippen LogP contribution in [0.25, 0.3) is 10.9 Å². The molecule has 1 aromatic heterocycles. The number of aromatic nitrogens is 2. The lowest BCUT2D eigenvalue weighted by atomic mass is 10.2. The molecule has 0 aliphatic rings. The second-order valence-electron chi connectivity index (χ2n) is 6.21. The molecule has 0 spiro atoms. The summed E-state index contributed by atoms with van der Waals surface area (Å²) >= 11 is 6.08. The second-order valence-corrected chi connectivity index (χ2v) is 6.65. The van der Waals surface area contributed by atoms with Gasteiger partial charge in [0.1, 0.15) is 11.6 Å². The molecule has 140 valence electrons. The number of ether oxygens (including phenoxy) is 1. The highest BCUT2D eigenvalue weighted by atomic mass is 35.5. The van der Waals surface area contributed by atoms with E-state index >= 15 is 0 Å². The fourth-order valence-corrected chi connectivity index (χ4v) is 3.18. The number of fused-ring (bicyclic) bond motifs is 1. The van der Waals surface area contributed by atoms with Crippen molar-refractivity contribution in [3.63, 3.8) is 0 Å². The minimum absolute atomic E-state index is 0.503. The van der Waals surface area contributed by atoms with Gasteiger partial charge in [-0.05, 0) is 36.4 Å². The first-order valence-corrected chi connectivity index (χ1v) is 9.26. The van der Waals surface area contributed by atoms with Gasteiger partial charge in [-0.1, -0.05) is 48.0 Å². The summed E-state index contributed by atoms with van der Waals surface area (Å²) in [5.74, 6) is 2.09. The minimum atomic E-state index is 0.503. The fourth-order valence-electron chi connectivity index (χ4n) is 2.99. The molecule has 0 atom stereocenters. The van der Waals surface area contributed by atoms with Crippen molar-refractivity contribution in [2.24, 2.45) is 0 Å². The Morgan fingerprint density at radius 3 is 2.61 bits per heavy atom. The first kappa shape index (κ1) is 18.1. The van der Waals surface area contributed by atoms with Crippen molar-refractivity contribution in [1.29, 1.82) is 0 Å². The van der Waals surface area contributed by atoms with Crippen molar-refractivity contribution in [1.82, 2.24) is 9.97 Å². The topological polar surface area (TPSA) is 59.1 Å². The number of rotatable bonds is 6. The average Bonchev–Trinajstić information content (AvgIpc) is 2.72. The summed E-state index contributed by atoms with van der Waals surface area (Å²) in [6.45, 7) is 0.585. The molecule has 5 nitrogen and oxygen atoms in total. The Morgan fingerprint density at radius 1 is 0.929 bits per heavy atom. The zero-order valence-electron chi connectivity index (χ0n) is 15.3. The lowest BCUT2D eigenvalue weighted by Crippen LogP contribution is -2.06. The summed E-state index contributed by atoms with van der Waals surface area (Å²) in [6, 6.07) is 23.3. The largest absolute Gasteiger partial charge is 0.496 e. The van der Waals surface area contributed by atoms with Gasteiger partial charge >= 0.3 is 0 Å². The third-order valence-electron chi connectivity index (χ3n) is 4.32. The second kappa shape index (κ2) is 8.15. The Labute approximate surface area is 168 Å². The fraction of sp³-hybridized carbons (Fsp3) is 0.0909. The van der Waals surface area contributed by atoms with Crippen molar-refractivity contribution in [3.05, 3.63) is 83.4 Å². The summed E-state index contributed by atoms with van der Waals surface area (Å²) in [4.78, 5) is 9.30. The number of hydrogen-bond donors (Lipinski definition) is 2. The highest BCUT2D eigenvalue weighted by Crippen LogP contribution is 2.26. The normalized spacial score (nSPS) is 10.6. The Bertz CT molecular complexity index is 1120. The molecule has 0 aliphatic carbocycles. The third kappa shape index (κ3) is 4.00. The highest BCUT2D eigenvalue weighted by Gasteiger charge is 2.09. The third-order valence-corrected chi connectivity index (χ3v) is 4.56. The molecule has 0 bridgehead atoms. The quantitative estimate of drug-likeness (QED) is 0.445. The molecule has 0 fully saturated rings. The molecule has 3 aromatic carbocycles. The number of nitrogens with one attached hydrogen (secondary N) is 2. The lowest BCUT2D eigenvalue weighted by molar-refractivity contribution is 0.410. The predicted octanol–water partition coefficient (Wildman–Crippen LogP) is 5.65. The van der Waals surface area contributed by atoms with Gasteiger partial charge in [0, 0.05) is 28.2 Å². The number of anilines is 3. The monoisotopic (exact) mass is 390 g/mol. The SMILES string of the molecule is COc1ccccc1CNc1nc(Nc2cccc(Cl)c2)nc2ccccc12. The van der Waals surface area contributed by atoms with Crippen LogP contribution in [-0.2, 0) is 6.54 Å². The summed E-state index contributed by atoms with van der Waals surface area (Å²) in [7, 11) is 1.67. The Kier molecular flexibility index (Phi) is 5.26. The van der Waals surface area contributed by atoms with Crippen LogP contribution in [0.15, 0.2) is 72.8 Å². The van der Waals surface area contributed by atoms with Crippen molar-refractivity contribution >= 4 is 40.0 Å². The van der Waals surface area contributed by atoms with Gasteiger partial charge in [0.25, 0.3) is 0 Å². The summed E-state index contributed by atoms with van der Waals surface area (Å²) in [5.41, 5.74) is 2.74. The van der Waals surface area contributed by atoms with E-state index in [1.54, 1.807) is 7.11 Å². The molecule has 2 N–H and O–H groups in total. The van der Waals surface area contributed by atoms with Gasteiger partial charge in [-0.15, -0.1) is 0 Å². The van der Waals surface area contributed by atoms with Gasteiger partial charge in [0.05, 0.1) is 12.6 Å². The maximum atomic E-state index is 6.08. The van der Waals surface area contributed by atoms with E-state index in [1.807, 2.05) is 72.8 Å². The van der Waals surface area contributed by atoms with Crippen LogP contribution in [0.5, 0.6) is 5.75 Å². The molecule has 4 aromatic rings. The average molecular weight is 391 g/mol. The van der Waals surface area contributed by atoms with Crippen molar-refractivity contribution in [2.75, 3.05) is 17.7 Å². The molecular formula is C22H19ClN4O. The van der Waals surface area contributed by atoms with Crippen molar-refractivity contribution < 1.29 is 4.74 Å². The minimum Gasteiger partial charge on any atom is -0.496 e. The van der Waals surface area contributed by atoms with E-state index in [0.29, 0.717) is 17.5 Å². The molecule has 0 aliphatic heterocycles. The van der Waals surface area contributed by atoms with Gasteiger partial charge in [-0.3, -0.25) is 0 Å². The molecule has 4 rings (SSSR count). The first-order chi connectivity index (χ1) is 13.7. The van der Waals surface area contributed by atoms with Crippen molar-refractivity contribution in [2.45, 2.75) is 6.54 Å². The van der Waals surface area contributed by atoms with E-state index < -0.39 is 0 Å². The van der Waals surface area contributed by atoms with Crippen molar-refractivity contribution in [3.8, 4) is 5.75 Å². The summed E-state index contributed by atoms with van der Waals surface area (Å²) in [6.07, 6.45) is 0. The molecular weight excluding hydrogens is 372 g/mol. The van der Waals surface area contributed by atoms with Gasteiger partial charge < -0.3 is 15.4 Å². The maximum Gasteiger partial charge on any atom is 0.229 e. The van der Waals surface area contributed by atoms with Crippen LogP contribution in [0.4, 0.5) is 17.5 Å². The molecule has 6 heteroatoms. The van der Waals surface area contributed by atoms with Gasteiger partial charge in [0.15, 0.2) is 0 Å². The van der Waals surface area contributed by atoms with E-state index in [9.17, 15) is 0 Å². The van der Waals surface area contributed by atoms with Gasteiger partial charge in [-0.25, -0.2) is 4.98 Å². The Balaban J connectivity index is 1.66. The van der Waals surface area contributed by atoms with Crippen LogP contribution >= 0.6 is 11.6 Å². The van der Waals surface area contributed by atoms with Gasteiger partial charge in [0.2, 0.25) is 5.95 Å². The first-order valence-electron chi connectivity index (χ1n) is 8.88. The van der Waals surface area contributed by atoms with E-state index in [0.717, 1.165) is 33.7 Å². The Hall–Kier alpha value is -3.31. The van der Waals surface area contributed by atoms with E-state index in [-0.39, 0.29) is 0 Å². The molecule has 1 heterocycles. The summed E-state index contributed by atoms with van der Waals surface area (Å²) < 4.78 is 5.44. The molecule has 0 unspecified atom stereocenters. The smallest absolute Gasteiger partial charge is 0.229 e. The number of nitrogens with zero attached hydrogens (tertiary/aromatic N) is 2. The summed E-state index contributed by atoms with van der Waals surface area (Å²) in [5, 5.41) is 8.25. The van der Waals surface area contributed by atoms with Crippen LogP contribution in [-0.4, -0.2) is 17.1 Å². The molecule has 0 saturated heterocycles. The predicted molar refractivity (Wildman–Crippen MR) is 115 cm³/mol. The standard InChI is InChI=1S/C22H19ClN4O/c1-28-20-12-5-2-7-15(20)14-24-21-18-10-3-4-11-19(18)26-22(27-21)25-17-9-6-8-16(23)13-17/h2-13H,14H2,1H3,(H2,24,25,26,27). The molecule has 0 radical (unpaired) electrons. The van der Waals surface area contributed by atoms with E-state index in [1.165, 1.54) is 0 Å². The maximum absolute atomic E-state index is 6.08. The zero-order valence-corrected chi connectivity index (χ0v) is 16.1. The van der Waals surface area contributed by atoms with E-state index in [4.69, 9.17) is 16.3 Å². The molecule has 0 saturated carbocycles. The zero-order chi connectivity index (χ0) is 19.3. The number of halogens is 1. The number of methoxy groups -OCH3 is 1.